The van der Waals surface area contributed by atoms with Gasteiger partial charge in [-0.05, 0) is 36.2 Å². The van der Waals surface area contributed by atoms with Gasteiger partial charge < -0.3 is 10.2 Å². The second kappa shape index (κ2) is 7.97. The molecule has 3 aromatic rings. The number of nitrogens with zero attached hydrogens (tertiary/aromatic N) is 2. The number of halogens is 4. The average Bonchev–Trinajstić information content (AvgIpc) is 2.66. The molecule has 0 aliphatic carbocycles. The average molecular weight is 421 g/mol. The Kier molecular flexibility index (Phi) is 5.59. The number of aryl methyl sites for hydroxylation is 1. The molecule has 2 aromatic carbocycles. The predicted molar refractivity (Wildman–Crippen MR) is 100 cm³/mol. The van der Waals surface area contributed by atoms with Crippen molar-refractivity contribution in [2.45, 2.75) is 19.1 Å². The monoisotopic (exact) mass is 421 g/mol. The van der Waals surface area contributed by atoms with Crippen LogP contribution in [0, 0.1) is 11.2 Å². The fraction of sp³-hybridized carbons (Fsp3) is 0.150. The van der Waals surface area contributed by atoms with Gasteiger partial charge in [-0.1, -0.05) is 24.3 Å². The number of para-hydroxylation sites is 1. The molecular weight excluding hydrogens is 406 g/mol. The van der Waals surface area contributed by atoms with Crippen LogP contribution in [0.1, 0.15) is 11.1 Å². The molecule has 1 aromatic heterocycles. The first-order valence-corrected chi connectivity index (χ1v) is 8.62. The Bertz CT molecular complexity index is 1170. The Hall–Kier alpha value is -3.69. The first kappa shape index (κ1) is 21.0. The highest BCUT2D eigenvalue weighted by atomic mass is 19.4. The summed E-state index contributed by atoms with van der Waals surface area (Å²) in [4.78, 5) is 16.5. The van der Waals surface area contributed by atoms with E-state index in [-0.39, 0.29) is 30.1 Å². The van der Waals surface area contributed by atoms with Crippen LogP contribution in [0.5, 0.6) is 11.6 Å². The molecule has 0 saturated heterocycles. The van der Waals surface area contributed by atoms with Gasteiger partial charge in [-0.2, -0.15) is 18.2 Å². The zero-order chi connectivity index (χ0) is 22.1. The van der Waals surface area contributed by atoms with Crippen molar-refractivity contribution in [3.05, 3.63) is 75.8 Å². The van der Waals surface area contributed by atoms with Crippen molar-refractivity contribution in [1.29, 1.82) is 5.41 Å². The number of aromatic nitrogens is 2. The molecule has 0 fully saturated rings. The normalized spacial score (nSPS) is 11.5. The highest BCUT2D eigenvalue weighted by Gasteiger charge is 2.39. The van der Waals surface area contributed by atoms with E-state index in [9.17, 15) is 32.6 Å². The smallest absolute Gasteiger partial charge is 0.433 e. The number of nitrogens with one attached hydrogen (secondary N) is 1. The third kappa shape index (κ3) is 4.17. The second-order valence-electron chi connectivity index (χ2n) is 6.36. The summed E-state index contributed by atoms with van der Waals surface area (Å²) in [6, 6.07) is 11.1. The summed E-state index contributed by atoms with van der Waals surface area (Å²) in [5.41, 5.74) is -4.19. The fourth-order valence-corrected chi connectivity index (χ4v) is 2.91. The Morgan fingerprint density at radius 3 is 2.43 bits per heavy atom. The highest BCUT2D eigenvalue weighted by Crippen LogP contribution is 2.30. The van der Waals surface area contributed by atoms with Gasteiger partial charge in [0.15, 0.2) is 11.5 Å². The lowest BCUT2D eigenvalue weighted by atomic mass is 10.1. The molecule has 0 bridgehead atoms. The van der Waals surface area contributed by atoms with Crippen LogP contribution < -0.4 is 5.56 Å². The Morgan fingerprint density at radius 2 is 1.80 bits per heavy atom. The van der Waals surface area contributed by atoms with E-state index in [1.54, 1.807) is 6.07 Å². The van der Waals surface area contributed by atoms with Gasteiger partial charge in [0.05, 0.1) is 5.56 Å². The number of alkyl halides is 3. The Morgan fingerprint density at radius 1 is 1.10 bits per heavy atom. The molecule has 0 aliphatic heterocycles. The summed E-state index contributed by atoms with van der Waals surface area (Å²) in [5.74, 6) is -2.40. The van der Waals surface area contributed by atoms with Crippen LogP contribution in [0.4, 0.5) is 17.6 Å². The molecule has 10 heteroatoms. The zero-order valence-electron chi connectivity index (χ0n) is 15.2. The predicted octanol–water partition coefficient (Wildman–Crippen LogP) is 3.63. The molecule has 0 amide bonds. The van der Waals surface area contributed by atoms with E-state index in [2.05, 4.69) is 4.98 Å². The van der Waals surface area contributed by atoms with Crippen molar-refractivity contribution >= 4 is 5.71 Å². The lowest BCUT2D eigenvalue weighted by molar-refractivity contribution is -0.0589. The molecule has 1 heterocycles. The van der Waals surface area contributed by atoms with Crippen LogP contribution in [-0.4, -0.2) is 31.7 Å². The van der Waals surface area contributed by atoms with Crippen LogP contribution in [0.3, 0.4) is 0 Å². The van der Waals surface area contributed by atoms with Gasteiger partial charge in [0.25, 0.3) is 5.56 Å². The minimum absolute atomic E-state index is 0.00534. The maximum absolute atomic E-state index is 13.4. The van der Waals surface area contributed by atoms with E-state index < -0.39 is 34.7 Å². The largest absolute Gasteiger partial charge is 0.507 e. The Labute approximate surface area is 167 Å². The van der Waals surface area contributed by atoms with E-state index in [1.807, 2.05) is 0 Å². The van der Waals surface area contributed by atoms with Crippen LogP contribution >= 0.6 is 0 Å². The molecule has 0 unspecified atom stereocenters. The van der Waals surface area contributed by atoms with Crippen molar-refractivity contribution in [1.82, 2.24) is 9.55 Å². The minimum atomic E-state index is -5.19. The minimum Gasteiger partial charge on any atom is -0.507 e. The maximum Gasteiger partial charge on any atom is 0.433 e. The van der Waals surface area contributed by atoms with Gasteiger partial charge in [-0.3, -0.25) is 14.8 Å². The topological polar surface area (TPSA) is 99.2 Å². The summed E-state index contributed by atoms with van der Waals surface area (Å²) in [7, 11) is 0. The SMILES string of the molecule is N=C(c1c(O)nc(-c2ccccc2O)n(CCc2cccc(F)c2)c1=O)C(F)(F)F. The zero-order valence-corrected chi connectivity index (χ0v) is 15.2. The lowest BCUT2D eigenvalue weighted by Crippen LogP contribution is -2.35. The van der Waals surface area contributed by atoms with Crippen LogP contribution in [0.25, 0.3) is 11.4 Å². The van der Waals surface area contributed by atoms with Crippen molar-refractivity contribution in [3.8, 4) is 23.0 Å². The molecule has 6 nitrogen and oxygen atoms in total. The fourth-order valence-electron chi connectivity index (χ4n) is 2.91. The molecule has 0 spiro atoms. The molecule has 0 aliphatic rings. The molecule has 30 heavy (non-hydrogen) atoms. The quantitative estimate of drug-likeness (QED) is 0.433. The van der Waals surface area contributed by atoms with Crippen molar-refractivity contribution in [2.24, 2.45) is 0 Å². The number of benzene rings is 2. The standard InChI is InChI=1S/C20H15F4N3O3/c21-12-5-3-4-11(10-12)8-9-27-17(13-6-1-2-7-14(13)28)26-18(29)15(19(27)30)16(25)20(22,23)24/h1-7,10,25,28-29H,8-9H2. The van der Waals surface area contributed by atoms with Crippen LogP contribution in [-0.2, 0) is 13.0 Å². The second-order valence-corrected chi connectivity index (χ2v) is 6.36. The summed E-state index contributed by atoms with van der Waals surface area (Å²) in [6.45, 7) is -0.239. The molecule has 3 rings (SSSR count). The van der Waals surface area contributed by atoms with Gasteiger partial charge in [0, 0.05) is 6.54 Å². The highest BCUT2D eigenvalue weighted by molar-refractivity contribution is 6.03. The summed E-state index contributed by atoms with van der Waals surface area (Å²) >= 11 is 0. The molecule has 0 radical (unpaired) electrons. The van der Waals surface area contributed by atoms with Crippen molar-refractivity contribution < 1.29 is 27.8 Å². The van der Waals surface area contributed by atoms with Gasteiger partial charge >= 0.3 is 6.18 Å². The molecule has 156 valence electrons. The molecule has 3 N–H and O–H groups in total. The Balaban J connectivity index is 2.18. The third-order valence-corrected chi connectivity index (χ3v) is 4.34. The lowest BCUT2D eigenvalue weighted by Gasteiger charge is -2.17. The van der Waals surface area contributed by atoms with Gasteiger partial charge in [0.2, 0.25) is 5.88 Å². The number of aromatic hydroxyl groups is 2. The van der Waals surface area contributed by atoms with Gasteiger partial charge in [-0.25, -0.2) is 4.39 Å². The van der Waals surface area contributed by atoms with Crippen molar-refractivity contribution in [2.75, 3.05) is 0 Å². The summed E-state index contributed by atoms with van der Waals surface area (Å²) in [6.07, 6.45) is -5.14. The van der Waals surface area contributed by atoms with Crippen LogP contribution in [0.2, 0.25) is 0 Å². The number of hydrogen-bond acceptors (Lipinski definition) is 5. The molecule has 0 saturated carbocycles. The first-order valence-electron chi connectivity index (χ1n) is 8.62. The van der Waals surface area contributed by atoms with E-state index in [4.69, 9.17) is 5.41 Å². The molecular formula is C20H15F4N3O3. The van der Waals surface area contributed by atoms with Crippen LogP contribution in [0.15, 0.2) is 53.3 Å². The summed E-state index contributed by atoms with van der Waals surface area (Å²) < 4.78 is 53.3. The third-order valence-electron chi connectivity index (χ3n) is 4.34. The van der Waals surface area contributed by atoms with E-state index >= 15 is 0 Å². The summed E-state index contributed by atoms with van der Waals surface area (Å²) in [5, 5.41) is 27.4. The number of phenols is 1. The van der Waals surface area contributed by atoms with Gasteiger partial charge in [-0.15, -0.1) is 0 Å². The van der Waals surface area contributed by atoms with Crippen molar-refractivity contribution in [3.63, 3.8) is 0 Å². The number of hydrogen-bond donors (Lipinski definition) is 3. The van der Waals surface area contributed by atoms with Gasteiger partial charge in [0.1, 0.15) is 17.1 Å². The first-order chi connectivity index (χ1) is 14.1. The maximum atomic E-state index is 13.4. The number of phenolic OH excluding ortho intramolecular Hbond substituents is 1. The van der Waals surface area contributed by atoms with E-state index in [1.165, 1.54) is 42.5 Å². The van der Waals surface area contributed by atoms with E-state index in [0.29, 0.717) is 5.56 Å². The van der Waals surface area contributed by atoms with E-state index in [0.717, 1.165) is 4.57 Å². The number of rotatable bonds is 5. The molecule has 0 atom stereocenters.